The number of aromatic carboxylic acids is 1. The molecule has 19 heavy (non-hydrogen) atoms. The zero-order valence-electron chi connectivity index (χ0n) is 11.1. The third-order valence-corrected chi connectivity index (χ3v) is 2.64. The van der Waals surface area contributed by atoms with Crippen LogP contribution in [-0.4, -0.2) is 26.7 Å². The first-order chi connectivity index (χ1) is 8.99. The molecule has 0 saturated carbocycles. The van der Waals surface area contributed by atoms with Crippen LogP contribution < -0.4 is 4.74 Å². The van der Waals surface area contributed by atoms with Crippen molar-refractivity contribution in [2.75, 3.05) is 0 Å². The molecular weight excluding hydrogens is 244 g/mol. The normalized spacial score (nSPS) is 10.7. The fourth-order valence-electron chi connectivity index (χ4n) is 1.89. The van der Waals surface area contributed by atoms with Gasteiger partial charge in [0.1, 0.15) is 5.75 Å². The Morgan fingerprint density at radius 2 is 1.95 bits per heavy atom. The van der Waals surface area contributed by atoms with Crippen LogP contribution in [0.25, 0.3) is 11.3 Å². The number of benzene rings is 1. The number of aryl methyl sites for hydroxylation is 1. The molecule has 1 aromatic heterocycles. The summed E-state index contributed by atoms with van der Waals surface area (Å²) in [5.41, 5.74) is 1.44. The van der Waals surface area contributed by atoms with Crippen molar-refractivity contribution < 1.29 is 14.6 Å². The van der Waals surface area contributed by atoms with E-state index in [2.05, 4.69) is 4.98 Å². The van der Waals surface area contributed by atoms with E-state index in [0.717, 1.165) is 11.3 Å². The summed E-state index contributed by atoms with van der Waals surface area (Å²) in [4.78, 5) is 15.0. The van der Waals surface area contributed by atoms with E-state index in [4.69, 9.17) is 9.84 Å². The summed E-state index contributed by atoms with van der Waals surface area (Å²) < 4.78 is 7.25. The van der Waals surface area contributed by atoms with E-state index in [9.17, 15) is 4.79 Å². The van der Waals surface area contributed by atoms with Gasteiger partial charge in [0.05, 0.1) is 18.1 Å². The van der Waals surface area contributed by atoms with Crippen molar-refractivity contribution in [3.8, 4) is 17.0 Å². The molecule has 0 unspecified atom stereocenters. The number of aromatic nitrogens is 2. The van der Waals surface area contributed by atoms with Gasteiger partial charge < -0.3 is 14.4 Å². The number of imidazole rings is 1. The molecule has 0 radical (unpaired) electrons. The molecule has 0 aliphatic carbocycles. The van der Waals surface area contributed by atoms with Crippen LogP contribution in [0.4, 0.5) is 0 Å². The molecule has 0 atom stereocenters. The van der Waals surface area contributed by atoms with Gasteiger partial charge in [-0.3, -0.25) is 0 Å². The minimum absolute atomic E-state index is 0.0556. The molecule has 2 rings (SSSR count). The third kappa shape index (κ3) is 2.76. The summed E-state index contributed by atoms with van der Waals surface area (Å²) >= 11 is 0. The third-order valence-electron chi connectivity index (χ3n) is 2.64. The second-order valence-corrected chi connectivity index (χ2v) is 4.55. The highest BCUT2D eigenvalue weighted by Crippen LogP contribution is 2.25. The van der Waals surface area contributed by atoms with Crippen LogP contribution >= 0.6 is 0 Å². The Hall–Kier alpha value is -2.30. The molecule has 1 N–H and O–H groups in total. The number of ether oxygens (including phenoxy) is 1. The number of rotatable bonds is 4. The topological polar surface area (TPSA) is 64.3 Å². The molecule has 5 nitrogen and oxygen atoms in total. The standard InChI is InChI=1S/C14H16N2O3/c1-9(2)19-11-6-4-10(5-7-11)13-12(14(17)18)15-8-16(13)3/h4-9H,1-3H3,(H,17,18). The van der Waals surface area contributed by atoms with E-state index < -0.39 is 5.97 Å². The van der Waals surface area contributed by atoms with Crippen LogP contribution in [0.5, 0.6) is 5.75 Å². The molecule has 0 aliphatic rings. The van der Waals surface area contributed by atoms with Gasteiger partial charge in [0.25, 0.3) is 0 Å². The molecule has 0 amide bonds. The van der Waals surface area contributed by atoms with E-state index in [0.29, 0.717) is 5.69 Å². The average Bonchev–Trinajstić information content (AvgIpc) is 2.71. The van der Waals surface area contributed by atoms with Crippen molar-refractivity contribution >= 4 is 5.97 Å². The monoisotopic (exact) mass is 260 g/mol. The minimum atomic E-state index is -1.03. The summed E-state index contributed by atoms with van der Waals surface area (Å²) in [6.07, 6.45) is 1.61. The fourth-order valence-corrected chi connectivity index (χ4v) is 1.89. The Kier molecular flexibility index (Phi) is 3.55. The van der Waals surface area contributed by atoms with Gasteiger partial charge in [0.15, 0.2) is 5.69 Å². The van der Waals surface area contributed by atoms with Crippen molar-refractivity contribution in [2.45, 2.75) is 20.0 Å². The first-order valence-electron chi connectivity index (χ1n) is 6.00. The highest BCUT2D eigenvalue weighted by atomic mass is 16.5. The van der Waals surface area contributed by atoms with Crippen LogP contribution in [0.1, 0.15) is 24.3 Å². The Morgan fingerprint density at radius 1 is 1.32 bits per heavy atom. The lowest BCUT2D eigenvalue weighted by molar-refractivity contribution is 0.0692. The maximum atomic E-state index is 11.1. The molecule has 100 valence electrons. The molecule has 0 bridgehead atoms. The SMILES string of the molecule is CC(C)Oc1ccc(-c2c(C(=O)O)ncn2C)cc1. The number of carboxylic acids is 1. The largest absolute Gasteiger partial charge is 0.491 e. The average molecular weight is 260 g/mol. The zero-order chi connectivity index (χ0) is 14.0. The second kappa shape index (κ2) is 5.14. The Morgan fingerprint density at radius 3 is 2.47 bits per heavy atom. The molecule has 0 fully saturated rings. The highest BCUT2D eigenvalue weighted by Gasteiger charge is 2.17. The van der Waals surface area contributed by atoms with Gasteiger partial charge in [-0.1, -0.05) is 0 Å². The lowest BCUT2D eigenvalue weighted by Gasteiger charge is -2.10. The maximum Gasteiger partial charge on any atom is 0.356 e. The number of hydrogen-bond donors (Lipinski definition) is 1. The van der Waals surface area contributed by atoms with Crippen LogP contribution in [0.3, 0.4) is 0 Å². The zero-order valence-corrected chi connectivity index (χ0v) is 11.1. The van der Waals surface area contributed by atoms with Crippen molar-refractivity contribution in [1.29, 1.82) is 0 Å². The quantitative estimate of drug-likeness (QED) is 0.917. The lowest BCUT2D eigenvalue weighted by Crippen LogP contribution is -2.05. The smallest absolute Gasteiger partial charge is 0.356 e. The highest BCUT2D eigenvalue weighted by molar-refractivity contribution is 5.93. The number of carboxylic acid groups (broad SMARTS) is 1. The summed E-state index contributed by atoms with van der Waals surface area (Å²) in [6.45, 7) is 3.91. The summed E-state index contributed by atoms with van der Waals surface area (Å²) in [7, 11) is 1.77. The summed E-state index contributed by atoms with van der Waals surface area (Å²) in [6, 6.07) is 7.32. The molecule has 2 aromatic rings. The van der Waals surface area contributed by atoms with Gasteiger partial charge in [0.2, 0.25) is 0 Å². The predicted molar refractivity (Wildman–Crippen MR) is 71.4 cm³/mol. The number of nitrogens with zero attached hydrogens (tertiary/aromatic N) is 2. The molecule has 1 aromatic carbocycles. The van der Waals surface area contributed by atoms with E-state index in [-0.39, 0.29) is 11.8 Å². The van der Waals surface area contributed by atoms with Crippen LogP contribution in [0.15, 0.2) is 30.6 Å². The van der Waals surface area contributed by atoms with Gasteiger partial charge in [-0.15, -0.1) is 0 Å². The molecule has 5 heteroatoms. The second-order valence-electron chi connectivity index (χ2n) is 4.55. The summed E-state index contributed by atoms with van der Waals surface area (Å²) in [5.74, 6) is -0.268. The van der Waals surface area contributed by atoms with Gasteiger partial charge >= 0.3 is 5.97 Å². The Bertz CT molecular complexity index is 585. The molecular formula is C14H16N2O3. The van der Waals surface area contributed by atoms with Crippen molar-refractivity contribution in [3.63, 3.8) is 0 Å². The van der Waals surface area contributed by atoms with E-state index in [1.165, 1.54) is 6.33 Å². The Balaban J connectivity index is 2.37. The number of hydrogen-bond acceptors (Lipinski definition) is 3. The Labute approximate surface area is 111 Å². The van der Waals surface area contributed by atoms with Crippen LogP contribution in [0, 0.1) is 0 Å². The molecule has 0 aliphatic heterocycles. The van der Waals surface area contributed by atoms with Gasteiger partial charge in [-0.25, -0.2) is 9.78 Å². The first-order valence-corrected chi connectivity index (χ1v) is 6.00. The van der Waals surface area contributed by atoms with Gasteiger partial charge in [-0.2, -0.15) is 0 Å². The maximum absolute atomic E-state index is 11.1. The van der Waals surface area contributed by atoms with Crippen molar-refractivity contribution in [1.82, 2.24) is 9.55 Å². The minimum Gasteiger partial charge on any atom is -0.491 e. The molecule has 1 heterocycles. The fraction of sp³-hybridized carbons (Fsp3) is 0.286. The lowest BCUT2D eigenvalue weighted by atomic mass is 10.1. The molecule has 0 saturated heterocycles. The first kappa shape index (κ1) is 13.1. The van der Waals surface area contributed by atoms with E-state index in [1.807, 2.05) is 38.1 Å². The van der Waals surface area contributed by atoms with Gasteiger partial charge in [-0.05, 0) is 38.1 Å². The van der Waals surface area contributed by atoms with Crippen LogP contribution in [-0.2, 0) is 7.05 Å². The molecule has 0 spiro atoms. The predicted octanol–water partition coefficient (Wildman–Crippen LogP) is 2.57. The van der Waals surface area contributed by atoms with Gasteiger partial charge in [0, 0.05) is 12.6 Å². The van der Waals surface area contributed by atoms with E-state index in [1.54, 1.807) is 11.6 Å². The van der Waals surface area contributed by atoms with Crippen molar-refractivity contribution in [2.24, 2.45) is 7.05 Å². The van der Waals surface area contributed by atoms with Crippen LogP contribution in [0.2, 0.25) is 0 Å². The van der Waals surface area contributed by atoms with Crippen molar-refractivity contribution in [3.05, 3.63) is 36.3 Å². The van der Waals surface area contributed by atoms with E-state index >= 15 is 0 Å². The summed E-state index contributed by atoms with van der Waals surface area (Å²) in [5, 5.41) is 9.11. The number of carbonyl (C=O) groups is 1.